The van der Waals surface area contributed by atoms with Crippen molar-refractivity contribution in [2.24, 2.45) is 5.73 Å². The van der Waals surface area contributed by atoms with Gasteiger partial charge in [0.25, 0.3) is 0 Å². The van der Waals surface area contributed by atoms with Crippen LogP contribution in [-0.4, -0.2) is 19.2 Å². The summed E-state index contributed by atoms with van der Waals surface area (Å²) in [6.45, 7) is 0.621. The summed E-state index contributed by atoms with van der Waals surface area (Å²) >= 11 is 3.58. The lowest BCUT2D eigenvalue weighted by atomic mass is 9.91. The molecule has 0 saturated heterocycles. The van der Waals surface area contributed by atoms with Gasteiger partial charge in [0.15, 0.2) is 0 Å². The monoisotopic (exact) mass is 312 g/mol. The molecule has 1 aliphatic rings. The van der Waals surface area contributed by atoms with Crippen LogP contribution in [0.1, 0.15) is 31.2 Å². The molecule has 4 heteroatoms. The third kappa shape index (κ3) is 3.46. The number of anilines is 1. The van der Waals surface area contributed by atoms with Crippen LogP contribution < -0.4 is 11.1 Å². The highest BCUT2D eigenvalue weighted by Gasteiger charge is 2.19. The maximum absolute atomic E-state index is 5.94. The Morgan fingerprint density at radius 1 is 1.33 bits per heavy atom. The summed E-state index contributed by atoms with van der Waals surface area (Å²) in [5, 5.41) is 3.63. The number of nitrogens with two attached hydrogens (primary N) is 1. The summed E-state index contributed by atoms with van der Waals surface area (Å²) in [4.78, 5) is 0. The smallest absolute Gasteiger partial charge is 0.0744 e. The van der Waals surface area contributed by atoms with Gasteiger partial charge in [0.05, 0.1) is 6.61 Å². The van der Waals surface area contributed by atoms with E-state index in [-0.39, 0.29) is 0 Å². The predicted molar refractivity (Wildman–Crippen MR) is 78.7 cm³/mol. The number of methoxy groups -OCH3 is 1. The van der Waals surface area contributed by atoms with Crippen LogP contribution in [-0.2, 0) is 11.3 Å². The van der Waals surface area contributed by atoms with Gasteiger partial charge in [0.1, 0.15) is 0 Å². The first-order valence-electron chi connectivity index (χ1n) is 6.49. The molecule has 3 nitrogen and oxygen atoms in total. The topological polar surface area (TPSA) is 47.3 Å². The average molecular weight is 313 g/mol. The molecule has 0 amide bonds. The van der Waals surface area contributed by atoms with Gasteiger partial charge in [-0.15, -0.1) is 0 Å². The van der Waals surface area contributed by atoms with Crippen LogP contribution >= 0.6 is 15.9 Å². The molecule has 0 atom stereocenters. The Kier molecular flexibility index (Phi) is 5.03. The standard InChI is InChI=1S/C14H21BrN2O/c1-18-9-12-13(15)3-2-4-14(12)17-11-7-5-10(16)6-8-11/h2-4,10-11,17H,5-9,16H2,1H3. The number of nitrogens with one attached hydrogen (secondary N) is 1. The van der Waals surface area contributed by atoms with Crippen molar-refractivity contribution in [2.45, 2.75) is 44.4 Å². The summed E-state index contributed by atoms with van der Waals surface area (Å²) in [7, 11) is 1.73. The van der Waals surface area contributed by atoms with E-state index in [9.17, 15) is 0 Å². The van der Waals surface area contributed by atoms with Gasteiger partial charge < -0.3 is 15.8 Å². The quantitative estimate of drug-likeness (QED) is 0.897. The summed E-state index contributed by atoms with van der Waals surface area (Å²) in [5.74, 6) is 0. The van der Waals surface area contributed by atoms with Crippen molar-refractivity contribution in [2.75, 3.05) is 12.4 Å². The number of halogens is 1. The summed E-state index contributed by atoms with van der Waals surface area (Å²) < 4.78 is 6.36. The molecule has 0 spiro atoms. The van der Waals surface area contributed by atoms with Gasteiger partial charge in [-0.05, 0) is 37.8 Å². The highest BCUT2D eigenvalue weighted by Crippen LogP contribution is 2.28. The van der Waals surface area contributed by atoms with Crippen LogP contribution in [0.15, 0.2) is 22.7 Å². The average Bonchev–Trinajstić information content (AvgIpc) is 2.36. The van der Waals surface area contributed by atoms with E-state index in [1.807, 2.05) is 0 Å². The first-order valence-corrected chi connectivity index (χ1v) is 7.28. The van der Waals surface area contributed by atoms with Crippen LogP contribution in [0.2, 0.25) is 0 Å². The SMILES string of the molecule is COCc1c(Br)cccc1NC1CCC(N)CC1. The predicted octanol–water partition coefficient (Wildman–Crippen LogP) is 3.28. The molecular weight excluding hydrogens is 292 g/mol. The Hall–Kier alpha value is -0.580. The maximum Gasteiger partial charge on any atom is 0.0744 e. The lowest BCUT2D eigenvalue weighted by Gasteiger charge is -2.28. The second-order valence-electron chi connectivity index (χ2n) is 4.96. The van der Waals surface area contributed by atoms with Gasteiger partial charge in [-0.1, -0.05) is 22.0 Å². The Morgan fingerprint density at radius 3 is 2.72 bits per heavy atom. The van der Waals surface area contributed by atoms with Crippen molar-refractivity contribution >= 4 is 21.6 Å². The van der Waals surface area contributed by atoms with Gasteiger partial charge in [0.2, 0.25) is 0 Å². The summed E-state index contributed by atoms with van der Waals surface area (Å²) in [5.41, 5.74) is 8.30. The molecule has 0 aliphatic heterocycles. The molecule has 1 fully saturated rings. The van der Waals surface area contributed by atoms with E-state index in [2.05, 4.69) is 39.4 Å². The summed E-state index contributed by atoms with van der Waals surface area (Å²) in [6.07, 6.45) is 4.54. The van der Waals surface area contributed by atoms with Crippen molar-refractivity contribution in [3.05, 3.63) is 28.2 Å². The second-order valence-corrected chi connectivity index (χ2v) is 5.81. The van der Waals surface area contributed by atoms with Crippen molar-refractivity contribution in [1.82, 2.24) is 0 Å². The van der Waals surface area contributed by atoms with Crippen molar-refractivity contribution in [1.29, 1.82) is 0 Å². The minimum Gasteiger partial charge on any atom is -0.382 e. The second kappa shape index (κ2) is 6.55. The molecule has 1 aliphatic carbocycles. The Bertz CT molecular complexity index is 389. The fourth-order valence-corrected chi connectivity index (χ4v) is 2.95. The van der Waals surface area contributed by atoms with Crippen LogP contribution in [0.25, 0.3) is 0 Å². The minimum absolute atomic E-state index is 0.393. The number of rotatable bonds is 4. The molecule has 1 aromatic carbocycles. The fourth-order valence-electron chi connectivity index (χ4n) is 2.47. The van der Waals surface area contributed by atoms with Gasteiger partial charge >= 0.3 is 0 Å². The lowest BCUT2D eigenvalue weighted by Crippen LogP contribution is -2.33. The lowest BCUT2D eigenvalue weighted by molar-refractivity contribution is 0.184. The van der Waals surface area contributed by atoms with Gasteiger partial charge in [-0.25, -0.2) is 0 Å². The van der Waals surface area contributed by atoms with E-state index in [4.69, 9.17) is 10.5 Å². The third-order valence-electron chi connectivity index (χ3n) is 3.54. The van der Waals surface area contributed by atoms with E-state index >= 15 is 0 Å². The van der Waals surface area contributed by atoms with E-state index in [0.29, 0.717) is 18.7 Å². The third-order valence-corrected chi connectivity index (χ3v) is 4.28. The number of hydrogen-bond acceptors (Lipinski definition) is 3. The molecular formula is C14H21BrN2O. The zero-order valence-corrected chi connectivity index (χ0v) is 12.4. The van der Waals surface area contributed by atoms with Crippen LogP contribution in [0.5, 0.6) is 0 Å². The molecule has 3 N–H and O–H groups in total. The Balaban J connectivity index is 2.06. The van der Waals surface area contributed by atoms with Crippen LogP contribution in [0.3, 0.4) is 0 Å². The Morgan fingerprint density at radius 2 is 2.06 bits per heavy atom. The molecule has 100 valence electrons. The molecule has 0 heterocycles. The first-order chi connectivity index (χ1) is 8.70. The maximum atomic E-state index is 5.94. The molecule has 0 unspecified atom stereocenters. The van der Waals surface area contributed by atoms with E-state index < -0.39 is 0 Å². The normalized spacial score (nSPS) is 23.9. The molecule has 0 bridgehead atoms. The van der Waals surface area contributed by atoms with Gasteiger partial charge in [0, 0.05) is 34.9 Å². The number of hydrogen-bond donors (Lipinski definition) is 2. The minimum atomic E-state index is 0.393. The van der Waals surface area contributed by atoms with Crippen LogP contribution in [0.4, 0.5) is 5.69 Å². The highest BCUT2D eigenvalue weighted by molar-refractivity contribution is 9.10. The van der Waals surface area contributed by atoms with Crippen molar-refractivity contribution < 1.29 is 4.74 Å². The zero-order valence-electron chi connectivity index (χ0n) is 10.8. The highest BCUT2D eigenvalue weighted by atomic mass is 79.9. The van der Waals surface area contributed by atoms with Gasteiger partial charge in [-0.2, -0.15) is 0 Å². The number of ether oxygens (including phenoxy) is 1. The molecule has 1 saturated carbocycles. The molecule has 18 heavy (non-hydrogen) atoms. The zero-order chi connectivity index (χ0) is 13.0. The molecule has 1 aromatic rings. The first kappa shape index (κ1) is 13.8. The molecule has 2 rings (SSSR count). The van der Waals surface area contributed by atoms with Gasteiger partial charge in [-0.3, -0.25) is 0 Å². The Labute approximate surface area is 117 Å². The van der Waals surface area contributed by atoms with E-state index in [1.54, 1.807) is 7.11 Å². The van der Waals surface area contributed by atoms with Crippen molar-refractivity contribution in [3.63, 3.8) is 0 Å². The fraction of sp³-hybridized carbons (Fsp3) is 0.571. The largest absolute Gasteiger partial charge is 0.382 e. The van der Waals surface area contributed by atoms with E-state index in [0.717, 1.165) is 30.2 Å². The molecule has 0 aromatic heterocycles. The summed E-state index contributed by atoms with van der Waals surface area (Å²) in [6, 6.07) is 7.16. The van der Waals surface area contributed by atoms with Crippen molar-refractivity contribution in [3.8, 4) is 0 Å². The molecule has 0 radical (unpaired) electrons. The number of benzene rings is 1. The van der Waals surface area contributed by atoms with Crippen LogP contribution in [0, 0.1) is 0 Å². The van der Waals surface area contributed by atoms with E-state index in [1.165, 1.54) is 11.3 Å².